The lowest BCUT2D eigenvalue weighted by Gasteiger charge is -2.70. The molecular formula is C22H25O4S-. The molecule has 27 heavy (non-hydrogen) atoms. The molecule has 0 amide bonds. The molecule has 3 aliphatic rings. The van der Waals surface area contributed by atoms with Crippen LogP contribution in [0.4, 0.5) is 0 Å². The highest BCUT2D eigenvalue weighted by Crippen LogP contribution is 2.64. The van der Waals surface area contributed by atoms with Crippen molar-refractivity contribution in [1.82, 2.24) is 0 Å². The van der Waals surface area contributed by atoms with Gasteiger partial charge in [-0.25, -0.2) is 0 Å². The Morgan fingerprint density at radius 3 is 2.52 bits per heavy atom. The number of ketones is 2. The lowest BCUT2D eigenvalue weighted by Crippen LogP contribution is -2.79. The quantitative estimate of drug-likeness (QED) is 0.639. The van der Waals surface area contributed by atoms with Crippen molar-refractivity contribution < 1.29 is 19.8 Å². The normalized spacial score (nSPS) is 43.4. The molecule has 5 heteroatoms. The fraction of sp³-hybridized carbons (Fsp3) is 0.545. The highest BCUT2D eigenvalue weighted by molar-refractivity contribution is 7.99. The molecule has 2 fully saturated rings. The Labute approximate surface area is 164 Å². The minimum absolute atomic E-state index is 0.0164. The molecule has 1 aromatic carbocycles. The van der Waals surface area contributed by atoms with E-state index >= 15 is 0 Å². The summed E-state index contributed by atoms with van der Waals surface area (Å²) in [7, 11) is 0. The lowest BCUT2D eigenvalue weighted by atomic mass is 9.38. The molecular weight excluding hydrogens is 360 g/mol. The Morgan fingerprint density at radius 2 is 1.85 bits per heavy atom. The van der Waals surface area contributed by atoms with Gasteiger partial charge in [0.25, 0.3) is 0 Å². The zero-order chi connectivity index (χ0) is 19.6. The van der Waals surface area contributed by atoms with Gasteiger partial charge < -0.3 is 10.2 Å². The molecule has 4 nitrogen and oxygen atoms in total. The highest BCUT2D eigenvalue weighted by Gasteiger charge is 2.70. The predicted octanol–water partition coefficient (Wildman–Crippen LogP) is 2.39. The maximum atomic E-state index is 13.6. The van der Waals surface area contributed by atoms with E-state index in [0.717, 1.165) is 10.5 Å². The standard InChI is InChI=1S/C22H25O4S/c1-13-9-14(23)10-16-18(24)20(2)11-22(26,17(20)19(25)21(13,16)3)12-27-15-7-5-4-6-8-15/h4-9,14,16-17,23H,10-12H2,1-3H3/q-1/t14-,16+,17?,20-,21+,22?/m1/s1. The molecule has 2 saturated carbocycles. The van der Waals surface area contributed by atoms with Gasteiger partial charge in [0.15, 0.2) is 0 Å². The summed E-state index contributed by atoms with van der Waals surface area (Å²) < 4.78 is 0. The molecule has 0 saturated heterocycles. The first-order valence-electron chi connectivity index (χ1n) is 9.47. The average Bonchev–Trinajstić information content (AvgIpc) is 2.61. The van der Waals surface area contributed by atoms with E-state index in [1.165, 1.54) is 11.8 Å². The van der Waals surface area contributed by atoms with Crippen LogP contribution in [-0.4, -0.2) is 34.1 Å². The summed E-state index contributed by atoms with van der Waals surface area (Å²) in [6.45, 7) is 5.37. The average molecular weight is 386 g/mol. The minimum Gasteiger partial charge on any atom is -0.848 e. The monoisotopic (exact) mass is 385 g/mol. The molecule has 2 unspecified atom stereocenters. The number of fused-ring (bicyclic) bond motifs is 2. The third kappa shape index (κ3) is 2.51. The Balaban J connectivity index is 1.66. The number of allylic oxidation sites excluding steroid dienone is 1. The van der Waals surface area contributed by atoms with Crippen molar-refractivity contribution in [3.63, 3.8) is 0 Å². The third-order valence-corrected chi connectivity index (χ3v) is 8.38. The molecule has 4 rings (SSSR count). The van der Waals surface area contributed by atoms with Crippen LogP contribution < -0.4 is 5.11 Å². The summed E-state index contributed by atoms with van der Waals surface area (Å²) in [5.41, 5.74) is -2.56. The van der Waals surface area contributed by atoms with E-state index in [2.05, 4.69) is 0 Å². The van der Waals surface area contributed by atoms with Crippen LogP contribution in [0.15, 0.2) is 46.9 Å². The molecule has 3 aliphatic carbocycles. The van der Waals surface area contributed by atoms with Crippen LogP contribution in [-0.2, 0) is 9.59 Å². The Kier molecular flexibility index (Phi) is 4.22. The molecule has 0 aliphatic heterocycles. The number of benzene rings is 1. The molecule has 0 radical (unpaired) electrons. The van der Waals surface area contributed by atoms with Gasteiger partial charge in [-0.3, -0.25) is 9.59 Å². The summed E-state index contributed by atoms with van der Waals surface area (Å²) in [4.78, 5) is 27.9. The Hall–Kier alpha value is -1.43. The van der Waals surface area contributed by atoms with Gasteiger partial charge in [0.05, 0.1) is 11.5 Å². The molecule has 0 heterocycles. The van der Waals surface area contributed by atoms with Gasteiger partial charge in [0.1, 0.15) is 11.6 Å². The Bertz CT molecular complexity index is 834. The van der Waals surface area contributed by atoms with Gasteiger partial charge in [-0.1, -0.05) is 42.4 Å². The van der Waals surface area contributed by atoms with Crippen LogP contribution in [0.25, 0.3) is 0 Å². The van der Waals surface area contributed by atoms with Crippen LogP contribution in [0.1, 0.15) is 33.6 Å². The second-order valence-corrected chi connectivity index (χ2v) is 9.88. The first-order chi connectivity index (χ1) is 12.6. The van der Waals surface area contributed by atoms with Crippen LogP contribution >= 0.6 is 11.8 Å². The minimum atomic E-state index is -1.42. The maximum Gasteiger partial charge on any atom is 0.146 e. The van der Waals surface area contributed by atoms with Crippen molar-refractivity contribution in [2.24, 2.45) is 22.7 Å². The SMILES string of the molecule is CC1=C[C@@H](O)C[C@H]2C(=O)[C@]3(C)CC([O-])(CSc4ccccc4)C3C(=O)[C@@]12C. The number of hydrogen-bond acceptors (Lipinski definition) is 5. The molecule has 1 N–H and O–H groups in total. The van der Waals surface area contributed by atoms with Gasteiger partial charge >= 0.3 is 0 Å². The second kappa shape index (κ2) is 6.03. The van der Waals surface area contributed by atoms with Crippen molar-refractivity contribution in [3.05, 3.63) is 42.0 Å². The largest absolute Gasteiger partial charge is 0.848 e. The summed E-state index contributed by atoms with van der Waals surface area (Å²) in [6.07, 6.45) is 1.44. The van der Waals surface area contributed by atoms with E-state index < -0.39 is 34.4 Å². The molecule has 0 aromatic heterocycles. The summed E-state index contributed by atoms with van der Waals surface area (Å²) in [5.74, 6) is -1.17. The van der Waals surface area contributed by atoms with E-state index in [-0.39, 0.29) is 30.2 Å². The Morgan fingerprint density at radius 1 is 1.19 bits per heavy atom. The lowest BCUT2D eigenvalue weighted by molar-refractivity contribution is -0.517. The molecule has 144 valence electrons. The number of rotatable bonds is 3. The van der Waals surface area contributed by atoms with Gasteiger partial charge in [0.2, 0.25) is 0 Å². The van der Waals surface area contributed by atoms with Crippen LogP contribution in [0.2, 0.25) is 0 Å². The second-order valence-electron chi connectivity index (χ2n) is 8.83. The highest BCUT2D eigenvalue weighted by atomic mass is 32.2. The van der Waals surface area contributed by atoms with Gasteiger partial charge in [-0.2, -0.15) is 0 Å². The maximum absolute atomic E-state index is 13.6. The van der Waals surface area contributed by atoms with Crippen LogP contribution in [0.3, 0.4) is 0 Å². The van der Waals surface area contributed by atoms with Crippen molar-refractivity contribution in [3.8, 4) is 0 Å². The van der Waals surface area contributed by atoms with Crippen molar-refractivity contribution >= 4 is 23.3 Å². The molecule has 1 aromatic rings. The number of aliphatic hydroxyl groups excluding tert-OH is 1. The molecule has 0 spiro atoms. The number of thioether (sulfide) groups is 1. The van der Waals surface area contributed by atoms with Crippen molar-refractivity contribution in [2.75, 3.05) is 5.75 Å². The van der Waals surface area contributed by atoms with Crippen molar-refractivity contribution in [1.29, 1.82) is 0 Å². The fourth-order valence-electron chi connectivity index (χ4n) is 5.60. The van der Waals surface area contributed by atoms with Gasteiger partial charge in [-0.05, 0) is 44.6 Å². The van der Waals surface area contributed by atoms with Gasteiger partial charge in [-0.15, -0.1) is 11.8 Å². The number of aliphatic hydroxyl groups is 1. The molecule has 0 bridgehead atoms. The number of carbonyl (C=O) groups is 2. The van der Waals surface area contributed by atoms with E-state index in [4.69, 9.17) is 0 Å². The van der Waals surface area contributed by atoms with Crippen molar-refractivity contribution in [2.45, 2.75) is 50.2 Å². The smallest absolute Gasteiger partial charge is 0.146 e. The molecule has 6 atom stereocenters. The third-order valence-electron chi connectivity index (χ3n) is 7.15. The van der Waals surface area contributed by atoms with E-state index in [0.29, 0.717) is 0 Å². The van der Waals surface area contributed by atoms with E-state index in [1.54, 1.807) is 26.8 Å². The number of hydrogen-bond donors (Lipinski definition) is 1. The zero-order valence-electron chi connectivity index (χ0n) is 15.9. The topological polar surface area (TPSA) is 77.4 Å². The van der Waals surface area contributed by atoms with Gasteiger partial charge in [0, 0.05) is 22.1 Å². The summed E-state index contributed by atoms with van der Waals surface area (Å²) >= 11 is 1.46. The number of Topliss-reactive ketones (excluding diaryl/α,β-unsaturated/α-hetero) is 2. The summed E-state index contributed by atoms with van der Waals surface area (Å²) in [6, 6.07) is 9.67. The summed E-state index contributed by atoms with van der Waals surface area (Å²) in [5, 5.41) is 23.7. The number of carbonyl (C=O) groups excluding carboxylic acids is 2. The fourth-order valence-corrected chi connectivity index (χ4v) is 6.63. The predicted molar refractivity (Wildman–Crippen MR) is 102 cm³/mol. The van der Waals surface area contributed by atoms with Crippen LogP contribution in [0.5, 0.6) is 0 Å². The first-order valence-corrected chi connectivity index (χ1v) is 10.5. The zero-order valence-corrected chi connectivity index (χ0v) is 16.7. The van der Waals surface area contributed by atoms with Crippen LogP contribution in [0, 0.1) is 22.7 Å². The van der Waals surface area contributed by atoms with E-state index in [9.17, 15) is 19.8 Å². The van der Waals surface area contributed by atoms with E-state index in [1.807, 2.05) is 30.3 Å². The first kappa shape index (κ1) is 18.9.